The van der Waals surface area contributed by atoms with E-state index in [-0.39, 0.29) is 5.56 Å². The summed E-state index contributed by atoms with van der Waals surface area (Å²) < 4.78 is 7.21. The lowest BCUT2D eigenvalue weighted by Gasteiger charge is -2.05. The third-order valence-electron chi connectivity index (χ3n) is 4.34. The summed E-state index contributed by atoms with van der Waals surface area (Å²) >= 11 is 0. The van der Waals surface area contributed by atoms with Gasteiger partial charge in [-0.3, -0.25) is 9.36 Å². The molecule has 0 saturated carbocycles. The average Bonchev–Trinajstić information content (AvgIpc) is 3.01. The highest BCUT2D eigenvalue weighted by Crippen LogP contribution is 2.25. The van der Waals surface area contributed by atoms with Crippen LogP contribution >= 0.6 is 0 Å². The molecule has 5 nitrogen and oxygen atoms in total. The predicted octanol–water partition coefficient (Wildman–Crippen LogP) is 3.52. The van der Waals surface area contributed by atoms with Gasteiger partial charge in [-0.15, -0.1) is 0 Å². The topological polar surface area (TPSA) is 59.9 Å². The Labute approximate surface area is 144 Å². The number of aromatic nitrogens is 3. The van der Waals surface area contributed by atoms with Crippen LogP contribution in [0.4, 0.5) is 0 Å². The van der Waals surface area contributed by atoms with Crippen LogP contribution in [0.5, 0.6) is 5.75 Å². The number of rotatable bonds is 5. The van der Waals surface area contributed by atoms with Crippen LogP contribution in [0.25, 0.3) is 21.9 Å². The fourth-order valence-electron chi connectivity index (χ4n) is 3.08. The lowest BCUT2D eigenvalue weighted by Crippen LogP contribution is -2.21. The van der Waals surface area contributed by atoms with Crippen LogP contribution in [0.1, 0.15) is 12.5 Å². The molecule has 0 aliphatic rings. The second kappa shape index (κ2) is 6.43. The van der Waals surface area contributed by atoms with Gasteiger partial charge in [0, 0.05) is 17.4 Å². The largest absolute Gasteiger partial charge is 0.494 e. The van der Waals surface area contributed by atoms with E-state index in [2.05, 4.69) is 22.1 Å². The molecule has 0 amide bonds. The lowest BCUT2D eigenvalue weighted by molar-refractivity contribution is 0.341. The van der Waals surface area contributed by atoms with Gasteiger partial charge in [-0.25, -0.2) is 4.98 Å². The van der Waals surface area contributed by atoms with Crippen LogP contribution in [0, 0.1) is 0 Å². The molecule has 0 unspecified atom stereocenters. The molecule has 25 heavy (non-hydrogen) atoms. The fourth-order valence-corrected chi connectivity index (χ4v) is 3.08. The summed E-state index contributed by atoms with van der Waals surface area (Å²) in [5, 5.41) is 0.910. The predicted molar refractivity (Wildman–Crippen MR) is 99.2 cm³/mol. The summed E-state index contributed by atoms with van der Waals surface area (Å²) in [6.07, 6.45) is 2.43. The second-order valence-electron chi connectivity index (χ2n) is 5.97. The van der Waals surface area contributed by atoms with Gasteiger partial charge in [-0.2, -0.15) is 0 Å². The molecule has 0 saturated heterocycles. The zero-order chi connectivity index (χ0) is 17.2. The molecule has 1 N–H and O–H groups in total. The van der Waals surface area contributed by atoms with Gasteiger partial charge in [-0.05, 0) is 37.1 Å². The number of hydrogen-bond donors (Lipinski definition) is 1. The van der Waals surface area contributed by atoms with Crippen molar-refractivity contribution < 1.29 is 4.74 Å². The van der Waals surface area contributed by atoms with Gasteiger partial charge < -0.3 is 9.72 Å². The van der Waals surface area contributed by atoms with Gasteiger partial charge in [0.2, 0.25) is 0 Å². The second-order valence-corrected chi connectivity index (χ2v) is 5.97. The molecule has 0 spiro atoms. The van der Waals surface area contributed by atoms with E-state index in [0.29, 0.717) is 24.2 Å². The molecule has 4 aromatic rings. The van der Waals surface area contributed by atoms with Crippen LogP contribution in [0.15, 0.2) is 59.7 Å². The Bertz CT molecular complexity index is 1080. The van der Waals surface area contributed by atoms with Gasteiger partial charge in [0.15, 0.2) is 0 Å². The Morgan fingerprint density at radius 1 is 1.16 bits per heavy atom. The average molecular weight is 333 g/mol. The van der Waals surface area contributed by atoms with Crippen molar-refractivity contribution in [3.8, 4) is 5.75 Å². The van der Waals surface area contributed by atoms with E-state index in [1.54, 1.807) is 10.9 Å². The number of aryl methyl sites for hydroxylation is 2. The monoisotopic (exact) mass is 333 g/mol. The van der Waals surface area contributed by atoms with Gasteiger partial charge in [-0.1, -0.05) is 30.3 Å². The van der Waals surface area contributed by atoms with E-state index in [4.69, 9.17) is 4.74 Å². The maximum Gasteiger partial charge on any atom is 0.277 e. The number of nitrogens with zero attached hydrogens (tertiary/aromatic N) is 2. The highest BCUT2D eigenvalue weighted by Gasteiger charge is 2.11. The first-order chi connectivity index (χ1) is 12.3. The molecular formula is C20H19N3O2. The minimum absolute atomic E-state index is 0.0462. The normalized spacial score (nSPS) is 11.2. The lowest BCUT2D eigenvalue weighted by atomic mass is 10.1. The Kier molecular flexibility index (Phi) is 3.98. The third-order valence-corrected chi connectivity index (χ3v) is 4.34. The molecule has 0 aliphatic heterocycles. The van der Waals surface area contributed by atoms with Crippen LogP contribution < -0.4 is 10.3 Å². The van der Waals surface area contributed by atoms with Gasteiger partial charge >= 0.3 is 0 Å². The molecule has 2 aromatic heterocycles. The van der Waals surface area contributed by atoms with Crippen molar-refractivity contribution in [2.24, 2.45) is 0 Å². The number of benzene rings is 2. The number of aromatic amines is 1. The number of H-pyrrole nitrogens is 1. The van der Waals surface area contributed by atoms with E-state index in [1.165, 1.54) is 5.56 Å². The number of fused-ring (bicyclic) bond motifs is 3. The molecule has 2 aromatic carbocycles. The summed E-state index contributed by atoms with van der Waals surface area (Å²) in [6.45, 7) is 3.15. The van der Waals surface area contributed by atoms with Gasteiger partial charge in [0.05, 0.1) is 12.9 Å². The van der Waals surface area contributed by atoms with Crippen molar-refractivity contribution in [3.63, 3.8) is 0 Å². The van der Waals surface area contributed by atoms with E-state index < -0.39 is 0 Å². The van der Waals surface area contributed by atoms with Crippen LogP contribution in [0.3, 0.4) is 0 Å². The van der Waals surface area contributed by atoms with Gasteiger partial charge in [0.1, 0.15) is 16.8 Å². The first-order valence-electron chi connectivity index (χ1n) is 8.44. The summed E-state index contributed by atoms with van der Waals surface area (Å²) in [5.41, 5.74) is 3.28. The first kappa shape index (κ1) is 15.4. The van der Waals surface area contributed by atoms with Crippen molar-refractivity contribution in [1.29, 1.82) is 0 Å². The highest BCUT2D eigenvalue weighted by molar-refractivity contribution is 6.04. The van der Waals surface area contributed by atoms with Crippen molar-refractivity contribution in [3.05, 3.63) is 70.8 Å². The molecule has 4 rings (SSSR count). The molecule has 5 heteroatoms. The maximum absolute atomic E-state index is 12.8. The third kappa shape index (κ3) is 2.89. The van der Waals surface area contributed by atoms with Crippen LogP contribution in [-0.4, -0.2) is 21.1 Å². The Hall–Kier alpha value is -3.08. The van der Waals surface area contributed by atoms with E-state index in [1.807, 2.05) is 43.3 Å². The van der Waals surface area contributed by atoms with Crippen molar-refractivity contribution in [2.75, 3.05) is 6.61 Å². The Morgan fingerprint density at radius 2 is 2.00 bits per heavy atom. The summed E-state index contributed by atoms with van der Waals surface area (Å²) in [4.78, 5) is 20.5. The smallest absolute Gasteiger partial charge is 0.277 e. The SMILES string of the molecule is CCOc1ccc2[nH]c3c(=O)n(CCc4ccccc4)cnc3c2c1. The number of hydrogen-bond acceptors (Lipinski definition) is 3. The number of ether oxygens (including phenoxy) is 1. The molecule has 0 radical (unpaired) electrons. The molecule has 126 valence electrons. The first-order valence-corrected chi connectivity index (χ1v) is 8.44. The Morgan fingerprint density at radius 3 is 2.80 bits per heavy atom. The Balaban J connectivity index is 1.72. The summed E-state index contributed by atoms with van der Waals surface area (Å²) in [5.74, 6) is 0.783. The summed E-state index contributed by atoms with van der Waals surface area (Å²) in [7, 11) is 0. The molecule has 0 aliphatic carbocycles. The van der Waals surface area contributed by atoms with E-state index in [9.17, 15) is 4.79 Å². The van der Waals surface area contributed by atoms with E-state index in [0.717, 1.165) is 23.1 Å². The molecule has 0 bridgehead atoms. The van der Waals surface area contributed by atoms with E-state index >= 15 is 0 Å². The summed E-state index contributed by atoms with van der Waals surface area (Å²) in [6, 6.07) is 15.9. The standard InChI is InChI=1S/C20H19N3O2/c1-2-25-15-8-9-17-16(12-15)18-19(22-17)20(24)23(13-21-18)11-10-14-6-4-3-5-7-14/h3-9,12-13,22H,2,10-11H2,1H3. The minimum Gasteiger partial charge on any atom is -0.494 e. The maximum atomic E-state index is 12.8. The zero-order valence-corrected chi connectivity index (χ0v) is 14.0. The minimum atomic E-state index is -0.0462. The van der Waals surface area contributed by atoms with Crippen molar-refractivity contribution in [1.82, 2.24) is 14.5 Å². The molecule has 0 atom stereocenters. The zero-order valence-electron chi connectivity index (χ0n) is 14.0. The van der Waals surface area contributed by atoms with Crippen molar-refractivity contribution >= 4 is 21.9 Å². The molecular weight excluding hydrogens is 314 g/mol. The number of nitrogens with one attached hydrogen (secondary N) is 1. The van der Waals surface area contributed by atoms with Crippen LogP contribution in [-0.2, 0) is 13.0 Å². The molecule has 2 heterocycles. The van der Waals surface area contributed by atoms with Crippen LogP contribution in [0.2, 0.25) is 0 Å². The fraction of sp³-hybridized carbons (Fsp3) is 0.200. The molecule has 0 fully saturated rings. The van der Waals surface area contributed by atoms with Crippen molar-refractivity contribution in [2.45, 2.75) is 19.9 Å². The highest BCUT2D eigenvalue weighted by atomic mass is 16.5. The van der Waals surface area contributed by atoms with Gasteiger partial charge in [0.25, 0.3) is 5.56 Å². The quantitative estimate of drug-likeness (QED) is 0.608.